The lowest BCUT2D eigenvalue weighted by Crippen LogP contribution is -2.03. The van der Waals surface area contributed by atoms with E-state index in [0.29, 0.717) is 5.56 Å². The van der Waals surface area contributed by atoms with E-state index in [-0.39, 0.29) is 21.3 Å². The molecule has 4 nitrogen and oxygen atoms in total. The minimum Gasteiger partial charge on any atom is -0.507 e. The molecule has 5 heteroatoms. The van der Waals surface area contributed by atoms with E-state index in [9.17, 15) is 18.6 Å². The zero-order chi connectivity index (χ0) is 14.2. The minimum atomic E-state index is -3.94. The van der Waals surface area contributed by atoms with Crippen molar-refractivity contribution in [1.82, 2.24) is 0 Å². The van der Waals surface area contributed by atoms with Crippen molar-refractivity contribution in [2.24, 2.45) is 0 Å². The van der Waals surface area contributed by atoms with Gasteiger partial charge in [-0.25, -0.2) is 8.42 Å². The van der Waals surface area contributed by atoms with Gasteiger partial charge in [0.25, 0.3) is 0 Å². The third-order valence-electron chi connectivity index (χ3n) is 2.89. The van der Waals surface area contributed by atoms with Crippen LogP contribution in [0.3, 0.4) is 0 Å². The summed E-state index contributed by atoms with van der Waals surface area (Å²) in [5.74, 6) is -0.608. The summed E-state index contributed by atoms with van der Waals surface area (Å²) in [7, 11) is -3.94. The van der Waals surface area contributed by atoms with Crippen LogP contribution in [0.15, 0.2) is 46.2 Å². The van der Waals surface area contributed by atoms with Crippen molar-refractivity contribution in [3.63, 3.8) is 0 Å². The van der Waals surface area contributed by atoms with Crippen LogP contribution in [0.25, 0.3) is 0 Å². The molecule has 0 spiro atoms. The van der Waals surface area contributed by atoms with Gasteiger partial charge in [-0.3, -0.25) is 0 Å². The first-order valence-electron chi connectivity index (χ1n) is 5.67. The maximum Gasteiger partial charge on any atom is 0.213 e. The molecule has 100 valence electrons. The molecule has 0 saturated heterocycles. The minimum absolute atomic E-state index is 0.202. The summed E-state index contributed by atoms with van der Waals surface area (Å²) >= 11 is 0. The van der Waals surface area contributed by atoms with Crippen molar-refractivity contribution in [2.75, 3.05) is 0 Å². The average Bonchev–Trinajstić information content (AvgIpc) is 2.31. The number of rotatable bonds is 2. The van der Waals surface area contributed by atoms with Gasteiger partial charge in [-0.1, -0.05) is 18.2 Å². The standard InChI is InChI=1S/C14H14O4S/c1-9-6-7-12(11(15)8-9)19(17,18)13-5-3-4-10(2)14(13)16/h3-8,15-16H,1-2H3. The molecule has 0 fully saturated rings. The fourth-order valence-corrected chi connectivity index (χ4v) is 3.31. The number of aryl methyl sites for hydroxylation is 2. The lowest BCUT2D eigenvalue weighted by atomic mass is 10.2. The molecule has 2 aromatic rings. The number of phenolic OH excluding ortho intramolecular Hbond substituents is 2. The van der Waals surface area contributed by atoms with Crippen molar-refractivity contribution in [3.8, 4) is 11.5 Å². The van der Waals surface area contributed by atoms with Crippen LogP contribution in [-0.4, -0.2) is 18.6 Å². The Morgan fingerprint density at radius 3 is 2.26 bits per heavy atom. The van der Waals surface area contributed by atoms with Crippen LogP contribution in [0.2, 0.25) is 0 Å². The van der Waals surface area contributed by atoms with E-state index in [4.69, 9.17) is 0 Å². The number of hydrogen-bond donors (Lipinski definition) is 2. The van der Waals surface area contributed by atoms with Gasteiger partial charge in [0.15, 0.2) is 0 Å². The fraction of sp³-hybridized carbons (Fsp3) is 0.143. The molecule has 0 atom stereocenters. The first-order valence-corrected chi connectivity index (χ1v) is 7.15. The average molecular weight is 278 g/mol. The van der Waals surface area contributed by atoms with E-state index in [1.54, 1.807) is 32.0 Å². The van der Waals surface area contributed by atoms with Crippen LogP contribution in [0.4, 0.5) is 0 Å². The van der Waals surface area contributed by atoms with Gasteiger partial charge in [-0.2, -0.15) is 0 Å². The van der Waals surface area contributed by atoms with E-state index in [2.05, 4.69) is 0 Å². The Labute approximate surface area is 111 Å². The lowest BCUT2D eigenvalue weighted by Gasteiger charge is -2.10. The maximum atomic E-state index is 12.4. The van der Waals surface area contributed by atoms with Gasteiger partial charge >= 0.3 is 0 Å². The van der Waals surface area contributed by atoms with Crippen LogP contribution in [-0.2, 0) is 9.84 Å². The highest BCUT2D eigenvalue weighted by Crippen LogP contribution is 2.34. The smallest absolute Gasteiger partial charge is 0.213 e. The summed E-state index contributed by atoms with van der Waals surface area (Å²) in [5.41, 5.74) is 1.22. The Kier molecular flexibility index (Phi) is 3.24. The molecule has 2 N–H and O–H groups in total. The van der Waals surface area contributed by atoms with E-state index >= 15 is 0 Å². The number of hydrogen-bond acceptors (Lipinski definition) is 4. The highest BCUT2D eigenvalue weighted by atomic mass is 32.2. The van der Waals surface area contributed by atoms with Crippen molar-refractivity contribution in [1.29, 1.82) is 0 Å². The molecular formula is C14H14O4S. The van der Waals surface area contributed by atoms with Gasteiger partial charge in [0.2, 0.25) is 9.84 Å². The van der Waals surface area contributed by atoms with Crippen molar-refractivity contribution >= 4 is 9.84 Å². The Morgan fingerprint density at radius 2 is 1.63 bits per heavy atom. The summed E-state index contributed by atoms with van der Waals surface area (Å²) in [4.78, 5) is -0.411. The third-order valence-corrected chi connectivity index (χ3v) is 4.73. The van der Waals surface area contributed by atoms with Gasteiger partial charge in [0.1, 0.15) is 21.3 Å². The van der Waals surface area contributed by atoms with Crippen molar-refractivity contribution in [2.45, 2.75) is 23.6 Å². The number of aromatic hydroxyl groups is 2. The quantitative estimate of drug-likeness (QED) is 0.885. The normalized spacial score (nSPS) is 11.5. The van der Waals surface area contributed by atoms with Crippen LogP contribution in [0.5, 0.6) is 11.5 Å². The molecule has 19 heavy (non-hydrogen) atoms. The molecule has 0 radical (unpaired) electrons. The van der Waals surface area contributed by atoms with Gasteiger partial charge in [-0.15, -0.1) is 0 Å². The van der Waals surface area contributed by atoms with E-state index < -0.39 is 9.84 Å². The molecule has 0 heterocycles. The first kappa shape index (κ1) is 13.4. The first-order chi connectivity index (χ1) is 8.84. The van der Waals surface area contributed by atoms with Gasteiger partial charge in [0.05, 0.1) is 0 Å². The monoisotopic (exact) mass is 278 g/mol. The molecule has 0 amide bonds. The number of sulfone groups is 1. The zero-order valence-corrected chi connectivity index (χ0v) is 11.4. The largest absolute Gasteiger partial charge is 0.507 e. The molecule has 0 saturated carbocycles. The molecule has 0 aliphatic heterocycles. The van der Waals surface area contributed by atoms with E-state index in [1.807, 2.05) is 0 Å². The van der Waals surface area contributed by atoms with E-state index in [1.165, 1.54) is 18.2 Å². The molecule has 0 unspecified atom stereocenters. The second-order valence-corrected chi connectivity index (χ2v) is 6.28. The Balaban J connectivity index is 2.69. The predicted octanol–water partition coefficient (Wildman–Crippen LogP) is 2.55. The summed E-state index contributed by atoms with van der Waals surface area (Å²) in [6.45, 7) is 3.36. The SMILES string of the molecule is Cc1ccc(S(=O)(=O)c2cccc(C)c2O)c(O)c1. The summed E-state index contributed by atoms with van der Waals surface area (Å²) in [6, 6.07) is 8.79. The Bertz CT molecular complexity index is 733. The summed E-state index contributed by atoms with van der Waals surface area (Å²) in [5, 5.41) is 19.7. The second-order valence-electron chi connectivity index (χ2n) is 4.40. The molecule has 0 aromatic heterocycles. The summed E-state index contributed by atoms with van der Waals surface area (Å²) < 4.78 is 24.8. The topological polar surface area (TPSA) is 74.6 Å². The predicted molar refractivity (Wildman–Crippen MR) is 71.1 cm³/mol. The highest BCUT2D eigenvalue weighted by Gasteiger charge is 2.25. The number of para-hydroxylation sites is 1. The second kappa shape index (κ2) is 4.59. The molecule has 2 rings (SSSR count). The molecule has 0 aliphatic rings. The van der Waals surface area contributed by atoms with Crippen molar-refractivity contribution in [3.05, 3.63) is 47.5 Å². The molecule has 0 bridgehead atoms. The van der Waals surface area contributed by atoms with Crippen molar-refractivity contribution < 1.29 is 18.6 Å². The molecular weight excluding hydrogens is 264 g/mol. The van der Waals surface area contributed by atoms with E-state index in [0.717, 1.165) is 5.56 Å². The Hall–Kier alpha value is -2.01. The molecule has 2 aromatic carbocycles. The van der Waals surface area contributed by atoms with Gasteiger partial charge in [-0.05, 0) is 43.2 Å². The Morgan fingerprint density at radius 1 is 0.947 bits per heavy atom. The van der Waals surface area contributed by atoms with Crippen LogP contribution in [0.1, 0.15) is 11.1 Å². The third kappa shape index (κ3) is 2.29. The number of phenols is 2. The van der Waals surface area contributed by atoms with Gasteiger partial charge in [0, 0.05) is 0 Å². The maximum absolute atomic E-state index is 12.4. The zero-order valence-electron chi connectivity index (χ0n) is 10.6. The fourth-order valence-electron chi connectivity index (χ4n) is 1.82. The van der Waals surface area contributed by atoms with Crippen LogP contribution >= 0.6 is 0 Å². The van der Waals surface area contributed by atoms with Gasteiger partial charge < -0.3 is 10.2 Å². The lowest BCUT2D eigenvalue weighted by molar-refractivity contribution is 0.450. The van der Waals surface area contributed by atoms with Crippen LogP contribution in [0, 0.1) is 13.8 Å². The summed E-state index contributed by atoms with van der Waals surface area (Å²) in [6.07, 6.45) is 0. The molecule has 0 aliphatic carbocycles. The highest BCUT2D eigenvalue weighted by molar-refractivity contribution is 7.91. The van der Waals surface area contributed by atoms with Crippen LogP contribution < -0.4 is 0 Å². The number of benzene rings is 2.